The molecule has 5 nitrogen and oxygen atoms in total. The van der Waals surface area contributed by atoms with E-state index >= 15 is 0 Å². The standard InChI is InChI=1S/C25H23FN2O3S/c1-2-3-14-27-24(29)18-10-13-23-21(15-18)28(16-17-8-11-19(26)12-9-17)25(30)20-6-4-5-7-22(20)32(23)31/h4-13,15H,2-3,14,16H2,1H3,(H,27,29)/t32-/m0/s1. The smallest absolute Gasteiger partial charge is 0.259 e. The van der Waals surface area contributed by atoms with E-state index in [1.165, 1.54) is 17.0 Å². The van der Waals surface area contributed by atoms with Crippen molar-refractivity contribution in [3.8, 4) is 0 Å². The number of halogens is 1. The Morgan fingerprint density at radius 2 is 1.78 bits per heavy atom. The number of hydrogen-bond acceptors (Lipinski definition) is 3. The lowest BCUT2D eigenvalue weighted by Crippen LogP contribution is -2.31. The molecule has 1 aliphatic heterocycles. The summed E-state index contributed by atoms with van der Waals surface area (Å²) in [7, 11) is -1.59. The molecule has 0 fully saturated rings. The van der Waals surface area contributed by atoms with Crippen LogP contribution in [0.4, 0.5) is 10.1 Å². The Kier molecular flexibility index (Phi) is 6.46. The third-order valence-electron chi connectivity index (χ3n) is 5.34. The van der Waals surface area contributed by atoms with Crippen molar-refractivity contribution in [2.24, 2.45) is 0 Å². The number of fused-ring (bicyclic) bond motifs is 2. The van der Waals surface area contributed by atoms with Gasteiger partial charge in [-0.1, -0.05) is 37.6 Å². The zero-order chi connectivity index (χ0) is 22.7. The van der Waals surface area contributed by atoms with E-state index in [-0.39, 0.29) is 24.2 Å². The number of carbonyl (C=O) groups is 2. The normalized spacial score (nSPS) is 15.0. The number of carbonyl (C=O) groups excluding carboxylic acids is 2. The Morgan fingerprint density at radius 3 is 2.53 bits per heavy atom. The molecule has 0 saturated heterocycles. The van der Waals surface area contributed by atoms with Crippen molar-refractivity contribution in [3.05, 3.63) is 89.2 Å². The average Bonchev–Trinajstić information content (AvgIpc) is 2.90. The van der Waals surface area contributed by atoms with Crippen LogP contribution in [0.1, 0.15) is 46.0 Å². The van der Waals surface area contributed by atoms with E-state index in [1.54, 1.807) is 54.6 Å². The van der Waals surface area contributed by atoms with Crippen molar-refractivity contribution in [3.63, 3.8) is 0 Å². The summed E-state index contributed by atoms with van der Waals surface area (Å²) in [6.07, 6.45) is 1.83. The molecule has 0 bridgehead atoms. The first-order valence-electron chi connectivity index (χ1n) is 10.5. The Hall–Kier alpha value is -3.32. The minimum absolute atomic E-state index is 0.151. The van der Waals surface area contributed by atoms with E-state index in [2.05, 4.69) is 5.32 Å². The van der Waals surface area contributed by atoms with E-state index in [0.29, 0.717) is 38.7 Å². The van der Waals surface area contributed by atoms with Crippen LogP contribution in [0, 0.1) is 5.82 Å². The van der Waals surface area contributed by atoms with E-state index in [9.17, 15) is 18.2 Å². The monoisotopic (exact) mass is 450 g/mol. The van der Waals surface area contributed by atoms with Crippen molar-refractivity contribution >= 4 is 28.3 Å². The summed E-state index contributed by atoms with van der Waals surface area (Å²) in [5.41, 5.74) is 1.86. The van der Waals surface area contributed by atoms with Crippen molar-refractivity contribution in [2.45, 2.75) is 36.1 Å². The molecule has 164 valence electrons. The third-order valence-corrected chi connectivity index (χ3v) is 6.84. The Labute approximate surface area is 188 Å². The Bertz CT molecular complexity index is 1190. The van der Waals surface area contributed by atoms with Gasteiger partial charge in [-0.3, -0.25) is 9.59 Å². The molecular weight excluding hydrogens is 427 g/mol. The summed E-state index contributed by atoms with van der Waals surface area (Å²) in [4.78, 5) is 28.6. The predicted molar refractivity (Wildman–Crippen MR) is 122 cm³/mol. The molecule has 0 aromatic heterocycles. The maximum absolute atomic E-state index is 13.5. The summed E-state index contributed by atoms with van der Waals surface area (Å²) in [5, 5.41) is 2.87. The number of nitrogens with zero attached hydrogens (tertiary/aromatic N) is 1. The molecular formula is C25H23FN2O3S. The largest absolute Gasteiger partial charge is 0.352 e. The van der Waals surface area contributed by atoms with Gasteiger partial charge < -0.3 is 10.2 Å². The van der Waals surface area contributed by atoms with Crippen molar-refractivity contribution in [2.75, 3.05) is 11.4 Å². The van der Waals surface area contributed by atoms with Crippen LogP contribution in [0.5, 0.6) is 0 Å². The number of benzene rings is 3. The van der Waals surface area contributed by atoms with Crippen LogP contribution in [0.3, 0.4) is 0 Å². The summed E-state index contributed by atoms with van der Waals surface area (Å²) in [6, 6.07) is 17.6. The highest BCUT2D eigenvalue weighted by Crippen LogP contribution is 2.36. The summed E-state index contributed by atoms with van der Waals surface area (Å²) >= 11 is 0. The van der Waals surface area contributed by atoms with Crippen LogP contribution >= 0.6 is 0 Å². The molecule has 0 radical (unpaired) electrons. The molecule has 3 aromatic rings. The van der Waals surface area contributed by atoms with Gasteiger partial charge in [0.05, 0.1) is 38.4 Å². The third kappa shape index (κ3) is 4.34. The van der Waals surface area contributed by atoms with Crippen LogP contribution in [-0.2, 0) is 17.3 Å². The van der Waals surface area contributed by atoms with E-state index in [4.69, 9.17) is 0 Å². The quantitative estimate of drug-likeness (QED) is 0.555. The van der Waals surface area contributed by atoms with E-state index in [1.807, 2.05) is 6.92 Å². The maximum atomic E-state index is 13.5. The van der Waals surface area contributed by atoms with Gasteiger partial charge in [0.1, 0.15) is 5.82 Å². The number of nitrogens with one attached hydrogen (secondary N) is 1. The zero-order valence-corrected chi connectivity index (χ0v) is 18.5. The molecule has 0 saturated carbocycles. The minimum atomic E-state index is -1.59. The molecule has 0 unspecified atom stereocenters. The fourth-order valence-electron chi connectivity index (χ4n) is 3.61. The van der Waals surface area contributed by atoms with Crippen LogP contribution < -0.4 is 10.2 Å². The van der Waals surface area contributed by atoms with Crippen LogP contribution in [-0.4, -0.2) is 22.6 Å². The van der Waals surface area contributed by atoms with Gasteiger partial charge in [0.25, 0.3) is 11.8 Å². The highest BCUT2D eigenvalue weighted by Gasteiger charge is 2.31. The number of rotatable bonds is 6. The van der Waals surface area contributed by atoms with Gasteiger partial charge in [-0.15, -0.1) is 0 Å². The molecule has 1 heterocycles. The second-order valence-corrected chi connectivity index (χ2v) is 8.99. The van der Waals surface area contributed by atoms with E-state index < -0.39 is 10.8 Å². The van der Waals surface area contributed by atoms with E-state index in [0.717, 1.165) is 12.8 Å². The topological polar surface area (TPSA) is 66.5 Å². The second-order valence-electron chi connectivity index (χ2n) is 7.57. The summed E-state index contributed by atoms with van der Waals surface area (Å²) < 4.78 is 26.8. The van der Waals surface area contributed by atoms with Gasteiger partial charge in [0, 0.05) is 12.1 Å². The van der Waals surface area contributed by atoms with Crippen molar-refractivity contribution in [1.82, 2.24) is 5.32 Å². The number of unbranched alkanes of at least 4 members (excludes halogenated alkanes) is 1. The molecule has 3 aromatic carbocycles. The van der Waals surface area contributed by atoms with Gasteiger partial charge in [0.2, 0.25) is 0 Å². The SMILES string of the molecule is CCCCNC(=O)c1ccc2c(c1)N(Cc1ccc(F)cc1)C(=O)c1ccccc1[S@@]2=O. The maximum Gasteiger partial charge on any atom is 0.259 e. The average molecular weight is 451 g/mol. The van der Waals surface area contributed by atoms with Crippen molar-refractivity contribution < 1.29 is 18.2 Å². The highest BCUT2D eigenvalue weighted by atomic mass is 32.2. The van der Waals surface area contributed by atoms with Crippen LogP contribution in [0.2, 0.25) is 0 Å². The lowest BCUT2D eigenvalue weighted by atomic mass is 10.1. The van der Waals surface area contributed by atoms with Crippen LogP contribution in [0.15, 0.2) is 76.5 Å². The molecule has 0 spiro atoms. The molecule has 1 aliphatic rings. The molecule has 7 heteroatoms. The van der Waals surface area contributed by atoms with Gasteiger partial charge in [-0.25, -0.2) is 8.60 Å². The lowest BCUT2D eigenvalue weighted by Gasteiger charge is -2.23. The lowest BCUT2D eigenvalue weighted by molar-refractivity contribution is 0.0949. The van der Waals surface area contributed by atoms with Gasteiger partial charge in [-0.2, -0.15) is 0 Å². The molecule has 32 heavy (non-hydrogen) atoms. The molecule has 1 N–H and O–H groups in total. The fourth-order valence-corrected chi connectivity index (χ4v) is 4.96. The predicted octanol–water partition coefficient (Wildman–Crippen LogP) is 4.68. The number of anilines is 1. The first kappa shape index (κ1) is 21.9. The highest BCUT2D eigenvalue weighted by molar-refractivity contribution is 7.85. The number of hydrogen-bond donors (Lipinski definition) is 1. The zero-order valence-electron chi connectivity index (χ0n) is 17.6. The first-order chi connectivity index (χ1) is 15.5. The van der Waals surface area contributed by atoms with Crippen LogP contribution in [0.25, 0.3) is 0 Å². The van der Waals surface area contributed by atoms with Gasteiger partial charge >= 0.3 is 0 Å². The molecule has 1 atom stereocenters. The Morgan fingerprint density at radius 1 is 1.03 bits per heavy atom. The Balaban J connectivity index is 1.80. The molecule has 0 aliphatic carbocycles. The van der Waals surface area contributed by atoms with Gasteiger partial charge in [0.15, 0.2) is 0 Å². The number of amides is 2. The minimum Gasteiger partial charge on any atom is -0.352 e. The molecule has 4 rings (SSSR count). The molecule has 2 amide bonds. The second kappa shape index (κ2) is 9.44. The first-order valence-corrected chi connectivity index (χ1v) is 11.6. The fraction of sp³-hybridized carbons (Fsp3) is 0.200. The van der Waals surface area contributed by atoms with Gasteiger partial charge in [-0.05, 0) is 54.4 Å². The van der Waals surface area contributed by atoms with Crippen molar-refractivity contribution in [1.29, 1.82) is 0 Å². The summed E-state index contributed by atoms with van der Waals surface area (Å²) in [6.45, 7) is 2.75. The summed E-state index contributed by atoms with van der Waals surface area (Å²) in [5.74, 6) is -0.933.